The summed E-state index contributed by atoms with van der Waals surface area (Å²) in [5.41, 5.74) is 1.26. The van der Waals surface area contributed by atoms with Crippen molar-refractivity contribution in [2.45, 2.75) is 13.3 Å². The minimum absolute atomic E-state index is 0.301. The Balaban J connectivity index is 1.91. The number of aromatic carboxylic acids is 1. The number of nitrogens with one attached hydrogen (secondary N) is 1. The van der Waals surface area contributed by atoms with Crippen molar-refractivity contribution in [2.24, 2.45) is 5.92 Å². The summed E-state index contributed by atoms with van der Waals surface area (Å²) in [6.07, 6.45) is 1.23. The number of carboxylic acids is 1. The average molecular weight is 327 g/mol. The third-order valence-electron chi connectivity index (χ3n) is 3.61. The van der Waals surface area contributed by atoms with E-state index < -0.39 is 5.97 Å². The van der Waals surface area contributed by atoms with E-state index in [0.717, 1.165) is 29.8 Å². The quantitative estimate of drug-likeness (QED) is 0.873. The molecule has 0 aliphatic carbocycles. The van der Waals surface area contributed by atoms with Crippen LogP contribution in [0.1, 0.15) is 23.7 Å². The molecule has 0 amide bonds. The molecule has 0 spiro atoms. The molecule has 4 nitrogen and oxygen atoms in total. The van der Waals surface area contributed by atoms with Crippen LogP contribution in [-0.4, -0.2) is 42.2 Å². The van der Waals surface area contributed by atoms with E-state index in [0.29, 0.717) is 11.5 Å². The van der Waals surface area contributed by atoms with E-state index in [9.17, 15) is 4.79 Å². The summed E-state index contributed by atoms with van der Waals surface area (Å²) >= 11 is 3.41. The molecule has 1 aliphatic heterocycles. The molecule has 0 bridgehead atoms. The number of halogens is 1. The fourth-order valence-electron chi connectivity index (χ4n) is 2.41. The van der Waals surface area contributed by atoms with Crippen LogP contribution in [0.25, 0.3) is 0 Å². The van der Waals surface area contributed by atoms with Gasteiger partial charge in [-0.05, 0) is 59.6 Å². The minimum Gasteiger partial charge on any atom is -0.478 e. The normalized spacial score (nSPS) is 19.6. The van der Waals surface area contributed by atoms with E-state index in [1.807, 2.05) is 6.07 Å². The third kappa shape index (κ3) is 3.70. The van der Waals surface area contributed by atoms with E-state index in [1.54, 1.807) is 12.1 Å². The molecular formula is C14H19BrN2O2. The Hall–Kier alpha value is -1.07. The molecule has 1 aromatic carbocycles. The van der Waals surface area contributed by atoms with Crippen LogP contribution >= 0.6 is 15.9 Å². The van der Waals surface area contributed by atoms with Crippen LogP contribution in [0.4, 0.5) is 5.69 Å². The largest absolute Gasteiger partial charge is 0.478 e. The Morgan fingerprint density at radius 1 is 1.58 bits per heavy atom. The standard InChI is InChI=1S/C14H19BrN2O2/c1-2-17-6-5-10(9-17)8-16-13-4-3-11(14(18)19)7-12(13)15/h3-4,7,10,16H,2,5-6,8-9H2,1H3,(H,18,19). The van der Waals surface area contributed by atoms with Crippen LogP contribution in [0.2, 0.25) is 0 Å². The summed E-state index contributed by atoms with van der Waals surface area (Å²) < 4.78 is 0.803. The van der Waals surface area contributed by atoms with Crippen LogP contribution in [0.3, 0.4) is 0 Å². The molecule has 2 rings (SSSR count). The van der Waals surface area contributed by atoms with Gasteiger partial charge in [0.05, 0.1) is 5.56 Å². The van der Waals surface area contributed by atoms with Gasteiger partial charge in [-0.3, -0.25) is 0 Å². The Morgan fingerprint density at radius 3 is 2.95 bits per heavy atom. The van der Waals surface area contributed by atoms with Crippen LogP contribution in [-0.2, 0) is 0 Å². The maximum absolute atomic E-state index is 10.9. The second-order valence-electron chi connectivity index (χ2n) is 4.93. The molecule has 2 N–H and O–H groups in total. The number of rotatable bonds is 5. The van der Waals surface area contributed by atoms with Crippen LogP contribution in [0.5, 0.6) is 0 Å². The van der Waals surface area contributed by atoms with Gasteiger partial charge in [0.2, 0.25) is 0 Å². The van der Waals surface area contributed by atoms with Crippen molar-refractivity contribution in [1.82, 2.24) is 4.90 Å². The van der Waals surface area contributed by atoms with Crippen molar-refractivity contribution in [2.75, 3.05) is 31.5 Å². The molecule has 1 atom stereocenters. The number of hydrogen-bond donors (Lipinski definition) is 2. The topological polar surface area (TPSA) is 52.6 Å². The van der Waals surface area contributed by atoms with Crippen LogP contribution in [0, 0.1) is 5.92 Å². The Morgan fingerprint density at radius 2 is 2.37 bits per heavy atom. The van der Waals surface area contributed by atoms with Crippen molar-refractivity contribution in [1.29, 1.82) is 0 Å². The van der Waals surface area contributed by atoms with Gasteiger partial charge in [0.15, 0.2) is 0 Å². The molecule has 5 heteroatoms. The number of hydrogen-bond acceptors (Lipinski definition) is 3. The first-order valence-electron chi connectivity index (χ1n) is 6.59. The molecule has 0 radical (unpaired) electrons. The Kier molecular flexibility index (Phi) is 4.82. The van der Waals surface area contributed by atoms with Crippen LogP contribution < -0.4 is 5.32 Å². The number of benzene rings is 1. The van der Waals surface area contributed by atoms with Crippen molar-refractivity contribution >= 4 is 27.6 Å². The Labute approximate surface area is 121 Å². The molecule has 1 unspecified atom stereocenters. The van der Waals surface area contributed by atoms with E-state index in [2.05, 4.69) is 33.1 Å². The number of anilines is 1. The zero-order valence-electron chi connectivity index (χ0n) is 11.0. The zero-order chi connectivity index (χ0) is 13.8. The summed E-state index contributed by atoms with van der Waals surface area (Å²) in [5, 5.41) is 12.3. The summed E-state index contributed by atoms with van der Waals surface area (Å²) in [6, 6.07) is 5.08. The predicted molar refractivity (Wildman–Crippen MR) is 79.8 cm³/mol. The highest BCUT2D eigenvalue weighted by molar-refractivity contribution is 9.10. The smallest absolute Gasteiger partial charge is 0.335 e. The molecule has 1 aromatic rings. The average Bonchev–Trinajstić information content (AvgIpc) is 2.85. The van der Waals surface area contributed by atoms with Crippen molar-refractivity contribution in [3.63, 3.8) is 0 Å². The molecule has 0 aromatic heterocycles. The molecule has 0 saturated carbocycles. The molecule has 1 fully saturated rings. The first-order chi connectivity index (χ1) is 9.10. The van der Waals surface area contributed by atoms with Gasteiger partial charge in [-0.2, -0.15) is 0 Å². The summed E-state index contributed by atoms with van der Waals surface area (Å²) in [6.45, 7) is 6.57. The lowest BCUT2D eigenvalue weighted by molar-refractivity contribution is 0.0697. The first-order valence-corrected chi connectivity index (χ1v) is 7.38. The van der Waals surface area contributed by atoms with Crippen molar-refractivity contribution in [3.05, 3.63) is 28.2 Å². The second kappa shape index (κ2) is 6.39. The highest BCUT2D eigenvalue weighted by Gasteiger charge is 2.20. The zero-order valence-corrected chi connectivity index (χ0v) is 12.6. The monoisotopic (exact) mass is 326 g/mol. The summed E-state index contributed by atoms with van der Waals surface area (Å²) in [4.78, 5) is 13.3. The summed E-state index contributed by atoms with van der Waals surface area (Å²) in [7, 11) is 0. The maximum atomic E-state index is 10.9. The summed E-state index contributed by atoms with van der Waals surface area (Å²) in [5.74, 6) is -0.229. The highest BCUT2D eigenvalue weighted by Crippen LogP contribution is 2.25. The van der Waals surface area contributed by atoms with Gasteiger partial charge in [-0.25, -0.2) is 4.79 Å². The lowest BCUT2D eigenvalue weighted by atomic mass is 10.1. The molecule has 19 heavy (non-hydrogen) atoms. The van der Waals surface area contributed by atoms with Crippen molar-refractivity contribution in [3.8, 4) is 0 Å². The van der Waals surface area contributed by atoms with Gasteiger partial charge in [-0.1, -0.05) is 6.92 Å². The third-order valence-corrected chi connectivity index (χ3v) is 4.27. The maximum Gasteiger partial charge on any atom is 0.335 e. The lowest BCUT2D eigenvalue weighted by Gasteiger charge is -2.15. The number of carbonyl (C=O) groups is 1. The van der Waals surface area contributed by atoms with E-state index in [4.69, 9.17) is 5.11 Å². The first kappa shape index (κ1) is 14.3. The van der Waals surface area contributed by atoms with Gasteiger partial charge in [0.25, 0.3) is 0 Å². The predicted octanol–water partition coefficient (Wildman–Crippen LogP) is 2.90. The molecule has 104 valence electrons. The van der Waals surface area contributed by atoms with E-state index >= 15 is 0 Å². The lowest BCUT2D eigenvalue weighted by Crippen LogP contribution is -2.22. The fraction of sp³-hybridized carbons (Fsp3) is 0.500. The van der Waals surface area contributed by atoms with Crippen molar-refractivity contribution < 1.29 is 9.90 Å². The molecular weight excluding hydrogens is 308 g/mol. The fourth-order valence-corrected chi connectivity index (χ4v) is 2.93. The highest BCUT2D eigenvalue weighted by atomic mass is 79.9. The minimum atomic E-state index is -0.901. The molecule has 1 saturated heterocycles. The number of carboxylic acid groups (broad SMARTS) is 1. The van der Waals surface area contributed by atoms with Gasteiger partial charge in [0.1, 0.15) is 0 Å². The second-order valence-corrected chi connectivity index (χ2v) is 5.78. The number of likely N-dealkylation sites (tertiary alicyclic amines) is 1. The van der Waals surface area contributed by atoms with Gasteiger partial charge in [0, 0.05) is 23.2 Å². The number of nitrogens with zero attached hydrogens (tertiary/aromatic N) is 1. The molecule has 1 aliphatic rings. The van der Waals surface area contributed by atoms with Gasteiger partial charge < -0.3 is 15.3 Å². The Bertz CT molecular complexity index is 465. The van der Waals surface area contributed by atoms with E-state index in [-0.39, 0.29) is 0 Å². The molecule has 1 heterocycles. The van der Waals surface area contributed by atoms with Gasteiger partial charge >= 0.3 is 5.97 Å². The SMILES string of the molecule is CCN1CCC(CNc2ccc(C(=O)O)cc2Br)C1. The van der Waals surface area contributed by atoms with Gasteiger partial charge in [-0.15, -0.1) is 0 Å². The van der Waals surface area contributed by atoms with E-state index in [1.165, 1.54) is 13.0 Å². The van der Waals surface area contributed by atoms with Crippen LogP contribution in [0.15, 0.2) is 22.7 Å².